The fourth-order valence-corrected chi connectivity index (χ4v) is 5.83. The minimum atomic E-state index is -0.650. The van der Waals surface area contributed by atoms with Crippen LogP contribution in [0.4, 0.5) is 0 Å². The number of benzene rings is 3. The fraction of sp³-hybridized carbons (Fsp3) is 0.222. The van der Waals surface area contributed by atoms with E-state index in [1.54, 1.807) is 31.4 Å². The predicted octanol–water partition coefficient (Wildman–Crippen LogP) is 3.49. The van der Waals surface area contributed by atoms with E-state index in [0.717, 1.165) is 27.2 Å². The third kappa shape index (κ3) is 2.83. The molecule has 1 fully saturated rings. The summed E-state index contributed by atoms with van der Waals surface area (Å²) in [7, 11) is 1.55. The summed E-state index contributed by atoms with van der Waals surface area (Å²) in [5.74, 6) is -1.65. The first kappa shape index (κ1) is 19.7. The van der Waals surface area contributed by atoms with Gasteiger partial charge in [-0.1, -0.05) is 48.5 Å². The Morgan fingerprint density at radius 2 is 1.15 bits per heavy atom. The second kappa shape index (κ2) is 7.30. The summed E-state index contributed by atoms with van der Waals surface area (Å²) >= 11 is 0. The number of hydrogen-bond acceptors (Lipinski definition) is 5. The lowest BCUT2D eigenvalue weighted by molar-refractivity contribution is -0.148. The summed E-state index contributed by atoms with van der Waals surface area (Å²) < 4.78 is 10.5. The number of methoxy groups -OCH3 is 1. The van der Waals surface area contributed by atoms with Crippen molar-refractivity contribution >= 4 is 17.8 Å². The Labute approximate surface area is 190 Å². The number of rotatable bonds is 4. The maximum Gasteiger partial charge on any atom is 0.331 e. The van der Waals surface area contributed by atoms with Gasteiger partial charge >= 0.3 is 5.97 Å². The van der Waals surface area contributed by atoms with Crippen LogP contribution in [0.25, 0.3) is 0 Å². The van der Waals surface area contributed by atoms with Crippen molar-refractivity contribution in [3.63, 3.8) is 0 Å². The van der Waals surface area contributed by atoms with Crippen molar-refractivity contribution in [2.75, 3.05) is 13.7 Å². The van der Waals surface area contributed by atoms with Crippen molar-refractivity contribution < 1.29 is 23.9 Å². The number of carbonyl (C=O) groups is 3. The monoisotopic (exact) mass is 439 g/mol. The third-order valence-electron chi connectivity index (χ3n) is 7.12. The van der Waals surface area contributed by atoms with Gasteiger partial charge in [-0.3, -0.25) is 14.5 Å². The Morgan fingerprint density at radius 1 is 0.727 bits per heavy atom. The van der Waals surface area contributed by atoms with Crippen LogP contribution < -0.4 is 9.47 Å². The number of esters is 1. The van der Waals surface area contributed by atoms with Crippen LogP contribution in [-0.4, -0.2) is 36.3 Å². The van der Waals surface area contributed by atoms with Gasteiger partial charge in [0.2, 0.25) is 11.8 Å². The number of imide groups is 1. The molecule has 1 heterocycles. The van der Waals surface area contributed by atoms with Crippen molar-refractivity contribution in [3.05, 3.63) is 95.1 Å². The van der Waals surface area contributed by atoms with Gasteiger partial charge in [0, 0.05) is 11.8 Å². The van der Waals surface area contributed by atoms with Gasteiger partial charge in [-0.15, -0.1) is 0 Å². The first-order chi connectivity index (χ1) is 16.1. The molecule has 1 aliphatic heterocycles. The van der Waals surface area contributed by atoms with Crippen LogP contribution in [-0.2, 0) is 14.4 Å². The van der Waals surface area contributed by atoms with Crippen LogP contribution in [0.5, 0.6) is 11.5 Å². The summed E-state index contributed by atoms with van der Waals surface area (Å²) in [6, 6.07) is 22.7. The van der Waals surface area contributed by atoms with E-state index in [-0.39, 0.29) is 23.7 Å². The molecule has 1 saturated heterocycles. The van der Waals surface area contributed by atoms with Crippen LogP contribution in [0.2, 0.25) is 0 Å². The summed E-state index contributed by atoms with van der Waals surface area (Å²) in [6.07, 6.45) is 0. The van der Waals surface area contributed by atoms with Gasteiger partial charge in [0.25, 0.3) is 0 Å². The second-order valence-electron chi connectivity index (χ2n) is 8.68. The number of ether oxygens (including phenoxy) is 2. The largest absolute Gasteiger partial charge is 0.497 e. The fourth-order valence-electron chi connectivity index (χ4n) is 5.83. The Kier molecular flexibility index (Phi) is 4.37. The molecule has 7 rings (SSSR count). The Morgan fingerprint density at radius 3 is 1.58 bits per heavy atom. The van der Waals surface area contributed by atoms with E-state index in [0.29, 0.717) is 11.5 Å². The van der Waals surface area contributed by atoms with Gasteiger partial charge in [0.1, 0.15) is 18.0 Å². The lowest BCUT2D eigenvalue weighted by Crippen LogP contribution is -2.41. The summed E-state index contributed by atoms with van der Waals surface area (Å²) in [5, 5.41) is 0. The molecule has 6 nitrogen and oxygen atoms in total. The molecule has 0 N–H and O–H groups in total. The summed E-state index contributed by atoms with van der Waals surface area (Å²) in [5.41, 5.74) is 4.41. The quantitative estimate of drug-likeness (QED) is 0.354. The highest BCUT2D eigenvalue weighted by Gasteiger charge is 2.61. The van der Waals surface area contributed by atoms with Crippen molar-refractivity contribution in [1.29, 1.82) is 0 Å². The smallest absolute Gasteiger partial charge is 0.331 e. The minimum absolute atomic E-state index is 0.188. The zero-order valence-electron chi connectivity index (χ0n) is 17.9. The molecule has 0 spiro atoms. The van der Waals surface area contributed by atoms with Gasteiger partial charge in [-0.25, -0.2) is 4.79 Å². The van der Waals surface area contributed by atoms with Crippen molar-refractivity contribution in [3.8, 4) is 11.5 Å². The molecule has 3 aromatic carbocycles. The average molecular weight is 439 g/mol. The lowest BCUT2D eigenvalue weighted by Gasteiger charge is -2.45. The molecule has 2 atom stereocenters. The molecule has 164 valence electrons. The molecule has 0 unspecified atom stereocenters. The van der Waals surface area contributed by atoms with Crippen LogP contribution >= 0.6 is 0 Å². The first-order valence-corrected chi connectivity index (χ1v) is 11.0. The maximum atomic E-state index is 13.5. The molecule has 0 radical (unpaired) electrons. The van der Waals surface area contributed by atoms with Crippen LogP contribution in [0.1, 0.15) is 34.1 Å². The highest BCUT2D eigenvalue weighted by atomic mass is 16.5. The molecule has 3 aliphatic carbocycles. The SMILES string of the molecule is COc1ccc(OC(=O)CN2C(=O)[C@H]3C4c5ccccc5C(c5ccccc54)[C@@H]3C2=O)cc1. The normalized spacial score (nSPS) is 24.2. The number of amides is 2. The summed E-state index contributed by atoms with van der Waals surface area (Å²) in [4.78, 5) is 40.8. The van der Waals surface area contributed by atoms with E-state index in [4.69, 9.17) is 9.47 Å². The molecule has 2 amide bonds. The molecule has 6 heteroatoms. The number of likely N-dealkylation sites (tertiary alicyclic amines) is 1. The van der Waals surface area contributed by atoms with Gasteiger partial charge in [0.05, 0.1) is 18.9 Å². The number of carbonyl (C=O) groups excluding carboxylic acids is 3. The van der Waals surface area contributed by atoms with E-state index in [9.17, 15) is 14.4 Å². The lowest BCUT2D eigenvalue weighted by atomic mass is 9.55. The van der Waals surface area contributed by atoms with E-state index in [1.807, 2.05) is 24.3 Å². The van der Waals surface area contributed by atoms with Crippen molar-refractivity contribution in [1.82, 2.24) is 4.90 Å². The molecular formula is C27H21NO5. The van der Waals surface area contributed by atoms with Gasteiger partial charge in [0.15, 0.2) is 0 Å². The van der Waals surface area contributed by atoms with Crippen molar-refractivity contribution in [2.24, 2.45) is 11.8 Å². The zero-order chi connectivity index (χ0) is 22.7. The highest BCUT2D eigenvalue weighted by Crippen LogP contribution is 2.60. The molecule has 3 aromatic rings. The predicted molar refractivity (Wildman–Crippen MR) is 119 cm³/mol. The Hall–Kier alpha value is -3.93. The number of hydrogen-bond donors (Lipinski definition) is 0. The highest BCUT2D eigenvalue weighted by molar-refractivity contribution is 6.09. The van der Waals surface area contributed by atoms with Crippen LogP contribution in [0.3, 0.4) is 0 Å². The molecule has 2 bridgehead atoms. The Balaban J connectivity index is 1.31. The second-order valence-corrected chi connectivity index (χ2v) is 8.68. The van der Waals surface area contributed by atoms with E-state index < -0.39 is 24.3 Å². The van der Waals surface area contributed by atoms with Crippen LogP contribution in [0.15, 0.2) is 72.8 Å². The third-order valence-corrected chi connectivity index (χ3v) is 7.12. The first-order valence-electron chi connectivity index (χ1n) is 11.0. The maximum absolute atomic E-state index is 13.5. The molecule has 0 aromatic heterocycles. The van der Waals surface area contributed by atoms with E-state index in [1.165, 1.54) is 0 Å². The summed E-state index contributed by atoms with van der Waals surface area (Å²) in [6.45, 7) is -0.400. The standard InChI is InChI=1S/C27H21NO5/c1-32-15-10-12-16(13-11-15)33-21(29)14-28-26(30)24-22-17-6-2-3-7-18(17)23(25(24)27(28)31)20-9-5-4-8-19(20)22/h2-13,22-25H,14H2,1H3/t22?,23?,24-,25-/m0/s1. The van der Waals surface area contributed by atoms with Crippen molar-refractivity contribution in [2.45, 2.75) is 11.8 Å². The van der Waals surface area contributed by atoms with Crippen LogP contribution in [0, 0.1) is 11.8 Å². The topological polar surface area (TPSA) is 72.9 Å². The molecule has 4 aliphatic rings. The Bertz CT molecular complexity index is 1180. The molecule has 0 saturated carbocycles. The van der Waals surface area contributed by atoms with E-state index >= 15 is 0 Å². The van der Waals surface area contributed by atoms with E-state index in [2.05, 4.69) is 24.3 Å². The zero-order valence-corrected chi connectivity index (χ0v) is 17.9. The molecular weight excluding hydrogens is 418 g/mol. The molecule has 33 heavy (non-hydrogen) atoms. The van der Waals surface area contributed by atoms with Gasteiger partial charge < -0.3 is 9.47 Å². The number of nitrogens with zero attached hydrogens (tertiary/aromatic N) is 1. The van der Waals surface area contributed by atoms with Gasteiger partial charge in [-0.05, 0) is 46.5 Å². The minimum Gasteiger partial charge on any atom is -0.497 e. The average Bonchev–Trinajstić information content (AvgIpc) is 3.10. The van der Waals surface area contributed by atoms with Gasteiger partial charge in [-0.2, -0.15) is 0 Å².